The smallest absolute Gasteiger partial charge is 0.251 e. The molecule has 0 bridgehead atoms. The van der Waals surface area contributed by atoms with E-state index in [4.69, 9.17) is 14.8 Å². The first-order chi connectivity index (χ1) is 18.1. The summed E-state index contributed by atoms with van der Waals surface area (Å²) in [7, 11) is 0. The van der Waals surface area contributed by atoms with Gasteiger partial charge in [-0.15, -0.1) is 0 Å². The highest BCUT2D eigenvalue weighted by Gasteiger charge is 2.27. The average molecular weight is 507 g/mol. The summed E-state index contributed by atoms with van der Waals surface area (Å²) in [6.45, 7) is 8.13. The second-order valence-electron chi connectivity index (χ2n) is 10.2. The lowest BCUT2D eigenvalue weighted by molar-refractivity contribution is 0.0699. The largest absolute Gasteiger partial charge is 0.394 e. The summed E-state index contributed by atoms with van der Waals surface area (Å²) in [5.41, 5.74) is 4.25. The molecule has 9 nitrogen and oxygen atoms in total. The summed E-state index contributed by atoms with van der Waals surface area (Å²) in [5, 5.41) is 21.3. The Morgan fingerprint density at radius 3 is 2.81 bits per heavy atom. The summed E-state index contributed by atoms with van der Waals surface area (Å²) in [5.74, 6) is 2.26. The SMILES string of the molecule is CCCNC(=O)c1ccc(-c2cnn3c(NCC4CCOCC4)cc(N4CCCC4CO)nc23)cc1C. The number of carbonyl (C=O) groups excluding carboxylic acids is 1. The van der Waals surface area contributed by atoms with E-state index in [0.29, 0.717) is 18.0 Å². The third kappa shape index (κ3) is 5.43. The van der Waals surface area contributed by atoms with Crippen LogP contribution >= 0.6 is 0 Å². The molecule has 2 aromatic heterocycles. The number of hydrogen-bond donors (Lipinski definition) is 3. The van der Waals surface area contributed by atoms with Crippen molar-refractivity contribution in [1.82, 2.24) is 19.9 Å². The van der Waals surface area contributed by atoms with Crippen LogP contribution in [0.3, 0.4) is 0 Å². The quantitative estimate of drug-likeness (QED) is 0.407. The standard InChI is InChI=1S/C28H38N6O3/c1-3-10-29-28(36)23-7-6-21(14-19(23)2)24-17-31-34-25(30-16-20-8-12-37-13-9-20)15-26(32-27(24)34)33-11-4-5-22(33)18-35/h6-7,14-15,17,20,22,30,35H,3-5,8-13,16,18H2,1-2H3,(H,29,36). The lowest BCUT2D eigenvalue weighted by Crippen LogP contribution is -2.33. The monoisotopic (exact) mass is 506 g/mol. The maximum Gasteiger partial charge on any atom is 0.251 e. The molecular weight excluding hydrogens is 468 g/mol. The molecule has 4 heterocycles. The molecule has 2 saturated heterocycles. The summed E-state index contributed by atoms with van der Waals surface area (Å²) >= 11 is 0. The van der Waals surface area contributed by atoms with E-state index >= 15 is 0 Å². The summed E-state index contributed by atoms with van der Waals surface area (Å²) in [4.78, 5) is 19.8. The minimum atomic E-state index is -0.0464. The van der Waals surface area contributed by atoms with Crippen molar-refractivity contribution >= 4 is 23.2 Å². The van der Waals surface area contributed by atoms with Crippen LogP contribution in [0.25, 0.3) is 16.8 Å². The van der Waals surface area contributed by atoms with Crippen LogP contribution in [0.1, 0.15) is 54.9 Å². The van der Waals surface area contributed by atoms with E-state index in [9.17, 15) is 9.90 Å². The van der Waals surface area contributed by atoms with Gasteiger partial charge in [0.2, 0.25) is 0 Å². The van der Waals surface area contributed by atoms with E-state index in [1.165, 1.54) is 0 Å². The summed E-state index contributed by atoms with van der Waals surface area (Å²) in [6.07, 6.45) is 6.85. The topological polar surface area (TPSA) is 104 Å². The van der Waals surface area contributed by atoms with E-state index in [0.717, 1.165) is 92.4 Å². The maximum absolute atomic E-state index is 12.6. The number of aliphatic hydroxyl groups is 1. The number of fused-ring (bicyclic) bond motifs is 1. The Balaban J connectivity index is 1.51. The van der Waals surface area contributed by atoms with Crippen LogP contribution in [0.15, 0.2) is 30.5 Å². The number of aryl methyl sites for hydroxylation is 1. The van der Waals surface area contributed by atoms with Crippen molar-refractivity contribution in [3.8, 4) is 11.1 Å². The minimum Gasteiger partial charge on any atom is -0.394 e. The number of nitrogens with zero attached hydrogens (tertiary/aromatic N) is 4. The number of aliphatic hydroxyl groups excluding tert-OH is 1. The molecule has 1 unspecified atom stereocenters. The van der Waals surface area contributed by atoms with Gasteiger partial charge in [-0.3, -0.25) is 4.79 Å². The first kappa shape index (κ1) is 25.5. The molecule has 1 amide bonds. The van der Waals surface area contributed by atoms with Crippen molar-refractivity contribution in [3.63, 3.8) is 0 Å². The number of nitrogens with one attached hydrogen (secondary N) is 2. The number of amides is 1. The first-order valence-electron chi connectivity index (χ1n) is 13.6. The third-order valence-corrected chi connectivity index (χ3v) is 7.57. The third-order valence-electron chi connectivity index (χ3n) is 7.57. The van der Waals surface area contributed by atoms with Gasteiger partial charge in [0.05, 0.1) is 18.8 Å². The van der Waals surface area contributed by atoms with Crippen LogP contribution in [0, 0.1) is 12.8 Å². The minimum absolute atomic E-state index is 0.0464. The summed E-state index contributed by atoms with van der Waals surface area (Å²) in [6, 6.07) is 8.03. The van der Waals surface area contributed by atoms with Crippen molar-refractivity contribution < 1.29 is 14.6 Å². The van der Waals surface area contributed by atoms with Crippen molar-refractivity contribution in [2.45, 2.75) is 52.0 Å². The van der Waals surface area contributed by atoms with Gasteiger partial charge in [-0.1, -0.05) is 19.1 Å². The normalized spacial score (nSPS) is 18.5. The van der Waals surface area contributed by atoms with Crippen LogP contribution < -0.4 is 15.5 Å². The van der Waals surface area contributed by atoms with Crippen LogP contribution in [-0.4, -0.2) is 71.1 Å². The Bertz CT molecular complexity index is 1240. The van der Waals surface area contributed by atoms with E-state index < -0.39 is 0 Å². The second-order valence-corrected chi connectivity index (χ2v) is 10.2. The van der Waals surface area contributed by atoms with Gasteiger partial charge < -0.3 is 25.4 Å². The zero-order chi connectivity index (χ0) is 25.8. The van der Waals surface area contributed by atoms with E-state index in [-0.39, 0.29) is 18.6 Å². The van der Waals surface area contributed by atoms with Gasteiger partial charge in [0.15, 0.2) is 5.65 Å². The first-order valence-corrected chi connectivity index (χ1v) is 13.6. The highest BCUT2D eigenvalue weighted by atomic mass is 16.5. The Morgan fingerprint density at radius 1 is 1.22 bits per heavy atom. The van der Waals surface area contributed by atoms with Crippen molar-refractivity contribution in [2.75, 3.05) is 49.7 Å². The molecule has 2 aliphatic heterocycles. The molecule has 9 heteroatoms. The second kappa shape index (κ2) is 11.5. The molecule has 0 radical (unpaired) electrons. The predicted octanol–water partition coefficient (Wildman–Crippen LogP) is 3.64. The molecule has 5 rings (SSSR count). The van der Waals surface area contributed by atoms with Crippen LogP contribution in [0.4, 0.5) is 11.6 Å². The molecule has 0 spiro atoms. The van der Waals surface area contributed by atoms with E-state index in [1.54, 1.807) is 0 Å². The molecule has 37 heavy (non-hydrogen) atoms. The zero-order valence-electron chi connectivity index (χ0n) is 21.9. The van der Waals surface area contributed by atoms with Crippen LogP contribution in [0.2, 0.25) is 0 Å². The summed E-state index contributed by atoms with van der Waals surface area (Å²) < 4.78 is 7.40. The van der Waals surface area contributed by atoms with Gasteiger partial charge in [0.25, 0.3) is 5.91 Å². The lowest BCUT2D eigenvalue weighted by Gasteiger charge is -2.26. The molecule has 2 fully saturated rings. The van der Waals surface area contributed by atoms with Gasteiger partial charge in [0.1, 0.15) is 11.6 Å². The highest BCUT2D eigenvalue weighted by Crippen LogP contribution is 2.32. The number of benzene rings is 1. The van der Waals surface area contributed by atoms with Gasteiger partial charge >= 0.3 is 0 Å². The van der Waals surface area contributed by atoms with Gasteiger partial charge in [-0.05, 0) is 62.1 Å². The highest BCUT2D eigenvalue weighted by molar-refractivity contribution is 5.96. The van der Waals surface area contributed by atoms with Gasteiger partial charge in [-0.2, -0.15) is 9.61 Å². The molecule has 0 aliphatic carbocycles. The van der Waals surface area contributed by atoms with Crippen LogP contribution in [0.5, 0.6) is 0 Å². The number of anilines is 2. The number of ether oxygens (including phenoxy) is 1. The molecule has 0 saturated carbocycles. The van der Waals surface area contributed by atoms with Gasteiger partial charge in [-0.25, -0.2) is 4.98 Å². The Hall–Kier alpha value is -3.17. The fourth-order valence-electron chi connectivity index (χ4n) is 5.37. The molecule has 3 N–H and O–H groups in total. The Morgan fingerprint density at radius 2 is 2.05 bits per heavy atom. The van der Waals surface area contributed by atoms with E-state index in [1.807, 2.05) is 42.8 Å². The van der Waals surface area contributed by atoms with Crippen molar-refractivity contribution in [3.05, 3.63) is 41.6 Å². The molecule has 198 valence electrons. The maximum atomic E-state index is 12.6. The number of carbonyl (C=O) groups is 1. The zero-order valence-corrected chi connectivity index (χ0v) is 21.9. The number of rotatable bonds is 9. The fourth-order valence-corrected chi connectivity index (χ4v) is 5.37. The molecule has 2 aliphatic rings. The van der Waals surface area contributed by atoms with Crippen LogP contribution in [-0.2, 0) is 4.74 Å². The number of hydrogen-bond acceptors (Lipinski definition) is 7. The molecule has 3 aromatic rings. The number of aromatic nitrogens is 3. The molecule has 1 atom stereocenters. The predicted molar refractivity (Wildman–Crippen MR) is 145 cm³/mol. The van der Waals surface area contributed by atoms with E-state index in [2.05, 4.69) is 21.6 Å². The molecular formula is C28H38N6O3. The Labute approximate surface area is 218 Å². The van der Waals surface area contributed by atoms with Gasteiger partial charge in [0, 0.05) is 50.0 Å². The lowest BCUT2D eigenvalue weighted by atomic mass is 10.0. The van der Waals surface area contributed by atoms with Crippen molar-refractivity contribution in [2.24, 2.45) is 5.92 Å². The molecule has 1 aromatic carbocycles. The average Bonchev–Trinajstić information content (AvgIpc) is 3.58. The fraction of sp³-hybridized carbons (Fsp3) is 0.536. The Kier molecular flexibility index (Phi) is 7.90. The van der Waals surface area contributed by atoms with Crippen molar-refractivity contribution in [1.29, 1.82) is 0 Å².